The maximum atomic E-state index is 14.1. The first-order valence-corrected chi connectivity index (χ1v) is 17.6. The first kappa shape index (κ1) is 32.5. The van der Waals surface area contributed by atoms with Crippen LogP contribution in [0.1, 0.15) is 50.5 Å². The number of alkyl carbamates (subject to hydrolysis) is 1. The van der Waals surface area contributed by atoms with Gasteiger partial charge in [0.1, 0.15) is 24.4 Å². The predicted molar refractivity (Wildman–Crippen MR) is 174 cm³/mol. The van der Waals surface area contributed by atoms with Crippen molar-refractivity contribution >= 4 is 50.2 Å². The monoisotopic (exact) mass is 664 g/mol. The van der Waals surface area contributed by atoms with Gasteiger partial charge in [-0.05, 0) is 72.8 Å². The highest BCUT2D eigenvalue weighted by Gasteiger charge is 2.64. The average Bonchev–Trinajstić information content (AvgIpc) is 3.97. The van der Waals surface area contributed by atoms with Crippen LogP contribution in [0.2, 0.25) is 0 Å². The molecule has 2 aromatic rings. The number of rotatable bonds is 6. The SMILES string of the molecule is C=C[C@@H]1C[C@]1(C(=O)NS(=O)(=O)C1CC1)C1CCCCOC(=O)NCC(=O)N2CC(CC2C(N)=O)Oc2ccc3ccccc3c2C1=C. The number of nitrogens with one attached hydrogen (secondary N) is 2. The van der Waals surface area contributed by atoms with Crippen LogP contribution in [-0.2, 0) is 29.1 Å². The number of hydrogen-bond acceptors (Lipinski definition) is 8. The first-order valence-electron chi connectivity index (χ1n) is 16.0. The van der Waals surface area contributed by atoms with Crippen LogP contribution in [0.3, 0.4) is 0 Å². The van der Waals surface area contributed by atoms with Gasteiger partial charge < -0.3 is 25.4 Å². The van der Waals surface area contributed by atoms with Crippen molar-refractivity contribution in [3.05, 3.63) is 61.2 Å². The Bertz CT molecular complexity index is 1760. The summed E-state index contributed by atoms with van der Waals surface area (Å²) in [6.07, 6.45) is 3.27. The van der Waals surface area contributed by atoms with E-state index in [1.54, 1.807) is 6.08 Å². The minimum Gasteiger partial charge on any atom is -0.488 e. The third-order valence-corrected chi connectivity index (χ3v) is 11.7. The van der Waals surface area contributed by atoms with Gasteiger partial charge in [0.2, 0.25) is 27.7 Å². The Labute approximate surface area is 273 Å². The van der Waals surface area contributed by atoms with E-state index in [-0.39, 0.29) is 32.0 Å². The topological polar surface area (TPSA) is 174 Å². The molecule has 2 saturated carbocycles. The largest absolute Gasteiger partial charge is 0.488 e. The van der Waals surface area contributed by atoms with Gasteiger partial charge in [-0.3, -0.25) is 19.1 Å². The Morgan fingerprint density at radius 2 is 1.87 bits per heavy atom. The van der Waals surface area contributed by atoms with Gasteiger partial charge in [-0.15, -0.1) is 6.58 Å². The summed E-state index contributed by atoms with van der Waals surface area (Å²) in [6.45, 7) is 8.24. The molecule has 0 radical (unpaired) electrons. The van der Waals surface area contributed by atoms with E-state index in [1.165, 1.54) is 4.90 Å². The van der Waals surface area contributed by atoms with Crippen LogP contribution >= 0.6 is 0 Å². The summed E-state index contributed by atoms with van der Waals surface area (Å²) in [5, 5.41) is 3.60. The molecule has 250 valence electrons. The summed E-state index contributed by atoms with van der Waals surface area (Å²) < 4.78 is 40.2. The Kier molecular flexibility index (Phi) is 8.77. The maximum Gasteiger partial charge on any atom is 0.407 e. The first-order chi connectivity index (χ1) is 22.5. The molecule has 3 fully saturated rings. The van der Waals surface area contributed by atoms with E-state index in [0.29, 0.717) is 55.4 Å². The van der Waals surface area contributed by atoms with Crippen molar-refractivity contribution in [1.29, 1.82) is 0 Å². The van der Waals surface area contributed by atoms with Crippen molar-refractivity contribution in [1.82, 2.24) is 14.9 Å². The van der Waals surface area contributed by atoms with Crippen molar-refractivity contribution in [2.24, 2.45) is 23.0 Å². The Morgan fingerprint density at radius 1 is 1.11 bits per heavy atom. The Balaban J connectivity index is 1.43. The minimum absolute atomic E-state index is 0.0508. The fraction of sp³-hybridized carbons (Fsp3) is 0.471. The molecule has 1 saturated heterocycles. The second kappa shape index (κ2) is 12.7. The van der Waals surface area contributed by atoms with Crippen molar-refractivity contribution in [3.8, 4) is 5.75 Å². The third-order valence-electron chi connectivity index (χ3n) is 9.93. The van der Waals surface area contributed by atoms with Gasteiger partial charge in [0, 0.05) is 12.0 Å². The number of carbonyl (C=O) groups excluding carboxylic acids is 4. The van der Waals surface area contributed by atoms with Crippen molar-refractivity contribution in [3.63, 3.8) is 0 Å². The number of nitrogens with zero attached hydrogens (tertiary/aromatic N) is 1. The molecule has 2 aliphatic heterocycles. The van der Waals surface area contributed by atoms with Crippen LogP contribution in [-0.4, -0.2) is 74.2 Å². The summed E-state index contributed by atoms with van der Waals surface area (Å²) in [5.41, 5.74) is 5.82. The molecule has 2 aliphatic carbocycles. The number of fused-ring (bicyclic) bond motifs is 5. The number of cyclic esters (lactones) is 1. The van der Waals surface area contributed by atoms with E-state index in [4.69, 9.17) is 15.2 Å². The molecule has 0 spiro atoms. The number of primary amides is 1. The molecule has 2 aromatic carbocycles. The zero-order chi connectivity index (χ0) is 33.5. The summed E-state index contributed by atoms with van der Waals surface area (Å²) in [6, 6.07) is 10.5. The molecule has 3 unspecified atom stereocenters. The smallest absolute Gasteiger partial charge is 0.407 e. The fourth-order valence-corrected chi connectivity index (χ4v) is 8.60. The highest BCUT2D eigenvalue weighted by atomic mass is 32.2. The summed E-state index contributed by atoms with van der Waals surface area (Å²) >= 11 is 0. The van der Waals surface area contributed by atoms with Crippen LogP contribution in [0, 0.1) is 17.3 Å². The summed E-state index contributed by atoms with van der Waals surface area (Å²) in [5.74, 6) is -2.12. The van der Waals surface area contributed by atoms with Crippen LogP contribution < -0.4 is 20.5 Å². The number of benzene rings is 2. The van der Waals surface area contributed by atoms with Gasteiger partial charge in [-0.1, -0.05) is 43.0 Å². The van der Waals surface area contributed by atoms with E-state index in [0.717, 1.165) is 10.8 Å². The third kappa shape index (κ3) is 6.32. The number of allylic oxidation sites excluding steroid dienone is 2. The standard InChI is InChI=1S/C34H40N4O8S/c1-3-22-17-34(22,32(41)37-47(43,44)24-12-13-24)26-10-6-7-15-45-33(42)36-18-29(39)38-19-23(16-27(38)31(35)40)46-28-14-11-21-8-4-5-9-25(21)30(28)20(26)2/h3-5,8-9,11,14,22-24,26-27H,1-2,6-7,10,12-13,15-19H2,(H2,35,40)(H,36,42)(H,37,41)/t22-,23?,26?,27?,34-/m1/s1. The van der Waals surface area contributed by atoms with E-state index in [9.17, 15) is 27.6 Å². The van der Waals surface area contributed by atoms with Crippen molar-refractivity contribution in [2.45, 2.75) is 62.3 Å². The number of carbonyl (C=O) groups is 4. The van der Waals surface area contributed by atoms with Crippen LogP contribution in [0.5, 0.6) is 5.75 Å². The highest BCUT2D eigenvalue weighted by Crippen LogP contribution is 2.63. The second-order valence-electron chi connectivity index (χ2n) is 12.9. The molecule has 47 heavy (non-hydrogen) atoms. The second-order valence-corrected chi connectivity index (χ2v) is 14.9. The molecule has 12 nitrogen and oxygen atoms in total. The number of amides is 4. The number of sulfonamides is 1. The molecule has 13 heteroatoms. The van der Waals surface area contributed by atoms with Gasteiger partial charge in [0.25, 0.3) is 0 Å². The number of nitrogens with two attached hydrogens (primary N) is 1. The van der Waals surface area contributed by atoms with Gasteiger partial charge in [-0.2, -0.15) is 0 Å². The van der Waals surface area contributed by atoms with Gasteiger partial charge in [0.15, 0.2) is 0 Å². The van der Waals surface area contributed by atoms with E-state index in [1.807, 2.05) is 36.4 Å². The molecule has 4 aliphatic rings. The average molecular weight is 665 g/mol. The molecule has 2 bridgehead atoms. The minimum atomic E-state index is -3.82. The highest BCUT2D eigenvalue weighted by molar-refractivity contribution is 7.90. The number of ether oxygens (including phenoxy) is 2. The molecule has 5 atom stereocenters. The quantitative estimate of drug-likeness (QED) is 0.395. The van der Waals surface area contributed by atoms with E-state index >= 15 is 0 Å². The lowest BCUT2D eigenvalue weighted by Crippen LogP contribution is -2.47. The molecule has 6 rings (SSSR count). The summed E-state index contributed by atoms with van der Waals surface area (Å²) in [4.78, 5) is 53.2. The maximum absolute atomic E-state index is 14.1. The van der Waals surface area contributed by atoms with Gasteiger partial charge in [-0.25, -0.2) is 13.2 Å². The fourth-order valence-electron chi connectivity index (χ4n) is 7.23. The Morgan fingerprint density at radius 3 is 2.57 bits per heavy atom. The zero-order valence-electron chi connectivity index (χ0n) is 26.1. The molecular weight excluding hydrogens is 624 g/mol. The summed E-state index contributed by atoms with van der Waals surface area (Å²) in [7, 11) is -3.82. The Hall–Kier alpha value is -4.39. The zero-order valence-corrected chi connectivity index (χ0v) is 26.9. The van der Waals surface area contributed by atoms with Crippen LogP contribution in [0.15, 0.2) is 55.6 Å². The van der Waals surface area contributed by atoms with Gasteiger partial charge >= 0.3 is 6.09 Å². The molecule has 4 amide bonds. The number of hydrogen-bond donors (Lipinski definition) is 3. The lowest BCUT2D eigenvalue weighted by molar-refractivity contribution is -0.136. The van der Waals surface area contributed by atoms with Crippen LogP contribution in [0.25, 0.3) is 16.3 Å². The molecule has 4 N–H and O–H groups in total. The predicted octanol–water partition coefficient (Wildman–Crippen LogP) is 3.01. The van der Waals surface area contributed by atoms with Crippen molar-refractivity contribution in [2.75, 3.05) is 19.7 Å². The van der Waals surface area contributed by atoms with E-state index in [2.05, 4.69) is 23.2 Å². The molecule has 0 aromatic heterocycles. The van der Waals surface area contributed by atoms with Gasteiger partial charge in [0.05, 0.1) is 23.8 Å². The molecule has 2 heterocycles. The van der Waals surface area contributed by atoms with E-state index < -0.39 is 62.6 Å². The normalized spacial score (nSPS) is 28.7. The van der Waals surface area contributed by atoms with Crippen LogP contribution in [0.4, 0.5) is 4.79 Å². The molecular formula is C34H40N4O8S. The lowest BCUT2D eigenvalue weighted by Gasteiger charge is -2.31. The van der Waals surface area contributed by atoms with Crippen molar-refractivity contribution < 1.29 is 37.1 Å². The lowest BCUT2D eigenvalue weighted by atomic mass is 9.74.